The number of ether oxygens (including phenoxy) is 2. The van der Waals surface area contributed by atoms with Crippen molar-refractivity contribution in [2.45, 2.75) is 33.3 Å². The largest absolute Gasteiger partial charge is 0.464 e. The molecule has 1 rings (SSSR count). The molecule has 0 saturated carbocycles. The molecule has 120 valence electrons. The number of carbonyl (C=O) groups is 2. The van der Waals surface area contributed by atoms with Crippen molar-refractivity contribution in [1.29, 1.82) is 0 Å². The van der Waals surface area contributed by atoms with Gasteiger partial charge in [0.1, 0.15) is 5.60 Å². The molecule has 0 bridgehead atoms. The van der Waals surface area contributed by atoms with Crippen molar-refractivity contribution in [2.75, 3.05) is 13.7 Å². The highest BCUT2D eigenvalue weighted by Gasteiger charge is 2.15. The Balaban J connectivity index is 2.56. The fraction of sp³-hybridized carbons (Fsp3) is 0.438. The van der Waals surface area contributed by atoms with Crippen LogP contribution in [0.2, 0.25) is 0 Å². The Hall–Kier alpha value is -2.37. The van der Waals surface area contributed by atoms with Gasteiger partial charge in [0.05, 0.1) is 7.11 Å². The molecule has 1 heterocycles. The minimum absolute atomic E-state index is 0.298. The maximum absolute atomic E-state index is 11.4. The van der Waals surface area contributed by atoms with Crippen molar-refractivity contribution < 1.29 is 19.1 Å². The third kappa shape index (κ3) is 5.95. The number of carbonyl (C=O) groups excluding carboxylic acids is 2. The number of methoxy groups -OCH3 is 1. The second-order valence-corrected chi connectivity index (χ2v) is 5.71. The van der Waals surface area contributed by atoms with Crippen LogP contribution in [0.15, 0.2) is 18.3 Å². The number of hydrogen-bond acceptors (Lipinski definition) is 5. The second kappa shape index (κ2) is 7.59. The predicted molar refractivity (Wildman–Crippen MR) is 83.6 cm³/mol. The highest BCUT2D eigenvalue weighted by Crippen LogP contribution is 2.10. The van der Waals surface area contributed by atoms with Crippen LogP contribution in [-0.2, 0) is 9.47 Å². The minimum atomic E-state index is -0.515. The van der Waals surface area contributed by atoms with E-state index in [0.717, 1.165) is 11.1 Å². The zero-order valence-electron chi connectivity index (χ0n) is 13.6. The molecule has 1 N–H and O–H groups in total. The van der Waals surface area contributed by atoms with Gasteiger partial charge in [0.25, 0.3) is 0 Å². The highest BCUT2D eigenvalue weighted by molar-refractivity contribution is 5.88. The van der Waals surface area contributed by atoms with E-state index >= 15 is 0 Å². The zero-order chi connectivity index (χ0) is 16.8. The van der Waals surface area contributed by atoms with Crippen LogP contribution in [0.25, 0.3) is 6.08 Å². The van der Waals surface area contributed by atoms with E-state index < -0.39 is 17.7 Å². The molecule has 0 aliphatic rings. The van der Waals surface area contributed by atoms with Crippen molar-refractivity contribution in [3.05, 3.63) is 35.2 Å². The molecule has 6 heteroatoms. The first kappa shape index (κ1) is 17.7. The van der Waals surface area contributed by atoms with Crippen LogP contribution in [0, 0.1) is 6.92 Å². The lowest BCUT2D eigenvalue weighted by Gasteiger charge is -2.19. The van der Waals surface area contributed by atoms with Gasteiger partial charge in [-0.25, -0.2) is 14.6 Å². The van der Waals surface area contributed by atoms with E-state index in [-0.39, 0.29) is 0 Å². The molecular weight excluding hydrogens is 284 g/mol. The van der Waals surface area contributed by atoms with Crippen LogP contribution in [-0.4, -0.2) is 36.3 Å². The van der Waals surface area contributed by atoms with Gasteiger partial charge in [-0.2, -0.15) is 0 Å². The molecule has 1 aromatic rings. The van der Waals surface area contributed by atoms with E-state index in [4.69, 9.17) is 4.74 Å². The topological polar surface area (TPSA) is 77.5 Å². The number of rotatable bonds is 4. The predicted octanol–water partition coefficient (Wildman–Crippen LogP) is 2.71. The van der Waals surface area contributed by atoms with E-state index in [1.807, 2.05) is 6.07 Å². The number of pyridine rings is 1. The minimum Gasteiger partial charge on any atom is -0.464 e. The molecule has 1 aromatic heterocycles. The van der Waals surface area contributed by atoms with Gasteiger partial charge >= 0.3 is 12.1 Å². The molecule has 0 radical (unpaired) electrons. The average Bonchev–Trinajstić information content (AvgIpc) is 2.41. The van der Waals surface area contributed by atoms with Crippen molar-refractivity contribution in [3.8, 4) is 0 Å². The quantitative estimate of drug-likeness (QED) is 0.865. The number of aryl methyl sites for hydroxylation is 1. The fourth-order valence-corrected chi connectivity index (χ4v) is 1.65. The molecule has 0 spiro atoms. The molecule has 6 nitrogen and oxygen atoms in total. The SMILES string of the molecule is COC(=O)c1ncc(C=CCNC(=O)OC(C)(C)C)cc1C. The summed E-state index contributed by atoms with van der Waals surface area (Å²) >= 11 is 0. The molecule has 0 unspecified atom stereocenters. The van der Waals surface area contributed by atoms with Gasteiger partial charge in [0, 0.05) is 12.7 Å². The van der Waals surface area contributed by atoms with Crippen LogP contribution in [0.3, 0.4) is 0 Å². The van der Waals surface area contributed by atoms with Gasteiger partial charge < -0.3 is 14.8 Å². The Morgan fingerprint density at radius 3 is 2.59 bits per heavy atom. The molecule has 1 amide bonds. The summed E-state index contributed by atoms with van der Waals surface area (Å²) in [6.07, 6.45) is 4.69. The molecule has 0 atom stereocenters. The third-order valence-corrected chi connectivity index (χ3v) is 2.55. The van der Waals surface area contributed by atoms with E-state index in [2.05, 4.69) is 15.0 Å². The second-order valence-electron chi connectivity index (χ2n) is 5.71. The first-order valence-corrected chi connectivity index (χ1v) is 6.91. The smallest absolute Gasteiger partial charge is 0.407 e. The van der Waals surface area contributed by atoms with Gasteiger partial charge in [-0.05, 0) is 44.9 Å². The third-order valence-electron chi connectivity index (χ3n) is 2.55. The number of alkyl carbamates (subject to hydrolysis) is 1. The lowest BCUT2D eigenvalue weighted by atomic mass is 10.1. The summed E-state index contributed by atoms with van der Waals surface area (Å²) in [7, 11) is 1.32. The van der Waals surface area contributed by atoms with Crippen LogP contribution >= 0.6 is 0 Å². The highest BCUT2D eigenvalue weighted by atomic mass is 16.6. The lowest BCUT2D eigenvalue weighted by Crippen LogP contribution is -2.32. The van der Waals surface area contributed by atoms with Crippen molar-refractivity contribution in [2.24, 2.45) is 0 Å². The van der Waals surface area contributed by atoms with E-state index in [1.165, 1.54) is 7.11 Å². The van der Waals surface area contributed by atoms with Crippen molar-refractivity contribution in [3.63, 3.8) is 0 Å². The van der Waals surface area contributed by atoms with E-state index in [0.29, 0.717) is 12.2 Å². The van der Waals surface area contributed by atoms with E-state index in [1.54, 1.807) is 46.0 Å². The summed E-state index contributed by atoms with van der Waals surface area (Å²) in [4.78, 5) is 27.0. The Morgan fingerprint density at radius 1 is 1.36 bits per heavy atom. The molecule has 0 aliphatic heterocycles. The van der Waals surface area contributed by atoms with Crippen LogP contribution in [0.5, 0.6) is 0 Å². The van der Waals surface area contributed by atoms with Crippen molar-refractivity contribution in [1.82, 2.24) is 10.3 Å². The molecule has 0 fully saturated rings. The number of amides is 1. The number of nitrogens with one attached hydrogen (secondary N) is 1. The van der Waals surface area contributed by atoms with E-state index in [9.17, 15) is 9.59 Å². The summed E-state index contributed by atoms with van der Waals surface area (Å²) < 4.78 is 9.76. The molecule has 0 aromatic carbocycles. The standard InChI is InChI=1S/C16H22N2O4/c1-11-9-12(10-18-13(11)14(19)21-5)7-6-8-17-15(20)22-16(2,3)4/h6-7,9-10H,8H2,1-5H3,(H,17,20). The van der Waals surface area contributed by atoms with Crippen molar-refractivity contribution >= 4 is 18.1 Å². The summed E-state index contributed by atoms with van der Waals surface area (Å²) in [5, 5.41) is 2.62. The number of nitrogens with zero attached hydrogens (tertiary/aromatic N) is 1. The first-order chi connectivity index (χ1) is 10.2. The van der Waals surface area contributed by atoms with Gasteiger partial charge in [-0.1, -0.05) is 12.2 Å². The van der Waals surface area contributed by atoms with Gasteiger partial charge in [0.15, 0.2) is 5.69 Å². The summed E-state index contributed by atoms with van der Waals surface area (Å²) in [5.41, 5.74) is 1.34. The Bertz CT molecular complexity index is 574. The summed E-state index contributed by atoms with van der Waals surface area (Å²) in [6.45, 7) is 7.54. The van der Waals surface area contributed by atoms with Gasteiger partial charge in [0.2, 0.25) is 0 Å². The molecule has 22 heavy (non-hydrogen) atoms. The van der Waals surface area contributed by atoms with Gasteiger partial charge in [-0.3, -0.25) is 0 Å². The van der Waals surface area contributed by atoms with Gasteiger partial charge in [-0.15, -0.1) is 0 Å². The molecule has 0 aliphatic carbocycles. The number of hydrogen-bond donors (Lipinski definition) is 1. The molecular formula is C16H22N2O4. The maximum Gasteiger partial charge on any atom is 0.407 e. The zero-order valence-corrected chi connectivity index (χ0v) is 13.6. The molecule has 0 saturated heterocycles. The van der Waals surface area contributed by atoms with Crippen LogP contribution < -0.4 is 5.32 Å². The first-order valence-electron chi connectivity index (χ1n) is 6.91. The summed E-state index contributed by atoms with van der Waals surface area (Å²) in [6, 6.07) is 1.82. The normalized spacial score (nSPS) is 11.3. The average molecular weight is 306 g/mol. The monoisotopic (exact) mass is 306 g/mol. The Kier molecular flexibility index (Phi) is 6.10. The summed E-state index contributed by atoms with van der Waals surface area (Å²) in [5.74, 6) is -0.459. The Morgan fingerprint density at radius 2 is 2.05 bits per heavy atom. The lowest BCUT2D eigenvalue weighted by molar-refractivity contribution is 0.0532. The number of esters is 1. The van der Waals surface area contributed by atoms with Crippen LogP contribution in [0.1, 0.15) is 42.4 Å². The van der Waals surface area contributed by atoms with Crippen LogP contribution in [0.4, 0.5) is 4.79 Å². The number of aromatic nitrogens is 1. The Labute approximate surface area is 130 Å². The fourth-order valence-electron chi connectivity index (χ4n) is 1.65. The maximum atomic E-state index is 11.4.